The van der Waals surface area contributed by atoms with Crippen LogP contribution >= 0.6 is 11.6 Å². The predicted molar refractivity (Wildman–Crippen MR) is 80.5 cm³/mol. The fourth-order valence-corrected chi connectivity index (χ4v) is 3.20. The lowest BCUT2D eigenvalue weighted by molar-refractivity contribution is -0.135. The van der Waals surface area contributed by atoms with Crippen LogP contribution in [-0.4, -0.2) is 23.9 Å². The summed E-state index contributed by atoms with van der Waals surface area (Å²) < 4.78 is 0. The zero-order chi connectivity index (χ0) is 14.2. The third-order valence-corrected chi connectivity index (χ3v) is 4.83. The van der Waals surface area contributed by atoms with Crippen molar-refractivity contribution < 1.29 is 4.79 Å². The highest BCUT2D eigenvalue weighted by molar-refractivity contribution is 6.30. The molecule has 1 aromatic carbocycles. The van der Waals surface area contributed by atoms with Gasteiger partial charge in [0.1, 0.15) is 0 Å². The van der Waals surface area contributed by atoms with Gasteiger partial charge in [-0.2, -0.15) is 0 Å². The number of rotatable bonds is 2. The summed E-state index contributed by atoms with van der Waals surface area (Å²) in [7, 11) is 0. The fraction of sp³-hybridized carbons (Fsp3) is 0.471. The second-order valence-corrected chi connectivity index (χ2v) is 6.26. The molecule has 1 saturated heterocycles. The molecule has 3 heteroatoms. The molecule has 0 aromatic heterocycles. The molecule has 0 spiro atoms. The molecule has 1 heterocycles. The zero-order valence-electron chi connectivity index (χ0n) is 11.4. The normalized spacial score (nSPS) is 21.3. The van der Waals surface area contributed by atoms with Crippen molar-refractivity contribution in [1.82, 2.24) is 4.90 Å². The van der Waals surface area contributed by atoms with Crippen LogP contribution < -0.4 is 0 Å². The van der Waals surface area contributed by atoms with E-state index in [9.17, 15) is 4.79 Å². The number of hydrogen-bond donors (Lipinski definition) is 0. The van der Waals surface area contributed by atoms with Crippen LogP contribution in [-0.2, 0) is 10.2 Å². The van der Waals surface area contributed by atoms with Crippen molar-refractivity contribution in [3.05, 3.63) is 34.9 Å². The lowest BCUT2D eigenvalue weighted by Gasteiger charge is -2.33. The van der Waals surface area contributed by atoms with Gasteiger partial charge in [-0.15, -0.1) is 12.3 Å². The number of hydrogen-bond acceptors (Lipinski definition) is 1. The molecule has 1 aliphatic heterocycles. The summed E-state index contributed by atoms with van der Waals surface area (Å²) in [5, 5.41) is 0.715. The SMILES string of the molecule is C#CC1CCN(C(=O)C2(c3ccc(Cl)cc3)CC2)CC1. The van der Waals surface area contributed by atoms with Gasteiger partial charge in [0.2, 0.25) is 5.91 Å². The molecule has 0 radical (unpaired) electrons. The van der Waals surface area contributed by atoms with Crippen molar-refractivity contribution in [3.8, 4) is 12.3 Å². The first-order valence-electron chi connectivity index (χ1n) is 7.17. The molecule has 1 aliphatic carbocycles. The molecule has 1 amide bonds. The van der Waals surface area contributed by atoms with Crippen molar-refractivity contribution in [2.24, 2.45) is 5.92 Å². The van der Waals surface area contributed by atoms with Gasteiger partial charge in [-0.25, -0.2) is 0 Å². The largest absolute Gasteiger partial charge is 0.342 e. The summed E-state index contributed by atoms with van der Waals surface area (Å²) in [4.78, 5) is 14.8. The Balaban J connectivity index is 1.74. The third-order valence-electron chi connectivity index (χ3n) is 4.57. The van der Waals surface area contributed by atoms with Crippen LogP contribution in [0, 0.1) is 18.3 Å². The Bertz CT molecular complexity index is 545. The Morgan fingerprint density at radius 1 is 1.25 bits per heavy atom. The molecule has 0 bridgehead atoms. The van der Waals surface area contributed by atoms with Gasteiger partial charge in [0.05, 0.1) is 5.41 Å². The Morgan fingerprint density at radius 2 is 1.85 bits per heavy atom. The first kappa shape index (κ1) is 13.5. The van der Waals surface area contributed by atoms with Crippen LogP contribution in [0.25, 0.3) is 0 Å². The highest BCUT2D eigenvalue weighted by Crippen LogP contribution is 2.50. The van der Waals surface area contributed by atoms with Crippen LogP contribution in [0.5, 0.6) is 0 Å². The van der Waals surface area contributed by atoms with Crippen molar-refractivity contribution in [2.75, 3.05) is 13.1 Å². The molecule has 104 valence electrons. The maximum atomic E-state index is 12.8. The topological polar surface area (TPSA) is 20.3 Å². The molecule has 2 nitrogen and oxygen atoms in total. The minimum atomic E-state index is -0.284. The molecule has 0 unspecified atom stereocenters. The van der Waals surface area contributed by atoms with E-state index in [1.165, 1.54) is 0 Å². The summed E-state index contributed by atoms with van der Waals surface area (Å²) in [5.41, 5.74) is 0.819. The van der Waals surface area contributed by atoms with E-state index in [0.29, 0.717) is 10.9 Å². The van der Waals surface area contributed by atoms with Gasteiger partial charge >= 0.3 is 0 Å². The highest BCUT2D eigenvalue weighted by Gasteiger charge is 2.53. The molecule has 3 rings (SSSR count). The number of nitrogens with zero attached hydrogens (tertiary/aromatic N) is 1. The molecule has 2 fully saturated rings. The van der Waals surface area contributed by atoms with Gasteiger partial charge in [0.25, 0.3) is 0 Å². The second-order valence-electron chi connectivity index (χ2n) is 5.82. The number of benzene rings is 1. The standard InChI is InChI=1S/C17H18ClNO/c1-2-13-7-11-19(12-8-13)16(20)17(9-10-17)14-3-5-15(18)6-4-14/h1,3-6,13H,7-12H2. The number of amides is 1. The van der Waals surface area contributed by atoms with Crippen LogP contribution in [0.15, 0.2) is 24.3 Å². The van der Waals surface area contributed by atoms with Gasteiger partial charge < -0.3 is 4.90 Å². The number of carbonyl (C=O) groups excluding carboxylic acids is 1. The minimum absolute atomic E-state index is 0.273. The molecule has 2 aliphatic rings. The van der Waals surface area contributed by atoms with E-state index in [1.807, 2.05) is 29.2 Å². The molecule has 0 atom stereocenters. The fourth-order valence-electron chi connectivity index (χ4n) is 3.07. The van der Waals surface area contributed by atoms with E-state index < -0.39 is 0 Å². The maximum Gasteiger partial charge on any atom is 0.233 e. The van der Waals surface area contributed by atoms with Gasteiger partial charge in [0.15, 0.2) is 0 Å². The van der Waals surface area contributed by atoms with Crippen LogP contribution in [0.1, 0.15) is 31.2 Å². The number of piperidine rings is 1. The van der Waals surface area contributed by atoms with E-state index in [-0.39, 0.29) is 11.3 Å². The molecular weight excluding hydrogens is 270 g/mol. The smallest absolute Gasteiger partial charge is 0.233 e. The Morgan fingerprint density at radius 3 is 2.35 bits per heavy atom. The van der Waals surface area contributed by atoms with E-state index in [1.54, 1.807) is 0 Å². The first-order valence-corrected chi connectivity index (χ1v) is 7.55. The van der Waals surface area contributed by atoms with Crippen molar-refractivity contribution in [2.45, 2.75) is 31.1 Å². The maximum absolute atomic E-state index is 12.8. The summed E-state index contributed by atoms with van der Waals surface area (Å²) in [5.74, 6) is 3.41. The van der Waals surface area contributed by atoms with E-state index in [4.69, 9.17) is 18.0 Å². The van der Waals surface area contributed by atoms with Crippen molar-refractivity contribution in [3.63, 3.8) is 0 Å². The zero-order valence-corrected chi connectivity index (χ0v) is 12.2. The van der Waals surface area contributed by atoms with Crippen LogP contribution in [0.3, 0.4) is 0 Å². The average Bonchev–Trinajstić information content (AvgIpc) is 3.29. The summed E-state index contributed by atoms with van der Waals surface area (Å²) >= 11 is 5.93. The Hall–Kier alpha value is -1.46. The summed E-state index contributed by atoms with van der Waals surface area (Å²) in [6, 6.07) is 7.71. The van der Waals surface area contributed by atoms with Gasteiger partial charge in [-0.05, 0) is 43.4 Å². The lowest BCUT2D eigenvalue weighted by Crippen LogP contribution is -2.43. The number of halogens is 1. The van der Waals surface area contributed by atoms with Gasteiger partial charge in [-0.3, -0.25) is 4.79 Å². The molecule has 0 N–H and O–H groups in total. The van der Waals surface area contributed by atoms with Crippen LogP contribution in [0.4, 0.5) is 0 Å². The number of likely N-dealkylation sites (tertiary alicyclic amines) is 1. The van der Waals surface area contributed by atoms with Crippen LogP contribution in [0.2, 0.25) is 5.02 Å². The van der Waals surface area contributed by atoms with Gasteiger partial charge in [-0.1, -0.05) is 23.7 Å². The Kier molecular flexibility index (Phi) is 3.48. The average molecular weight is 288 g/mol. The van der Waals surface area contributed by atoms with Crippen molar-refractivity contribution >= 4 is 17.5 Å². The van der Waals surface area contributed by atoms with Crippen molar-refractivity contribution in [1.29, 1.82) is 0 Å². The number of carbonyl (C=O) groups is 1. The minimum Gasteiger partial charge on any atom is -0.342 e. The van der Waals surface area contributed by atoms with Gasteiger partial charge in [0, 0.05) is 24.0 Å². The van der Waals surface area contributed by atoms with E-state index in [2.05, 4.69) is 5.92 Å². The lowest BCUT2D eigenvalue weighted by atomic mass is 9.91. The second kappa shape index (κ2) is 5.14. The van der Waals surface area contributed by atoms with E-state index in [0.717, 1.165) is 44.3 Å². The summed E-state index contributed by atoms with van der Waals surface area (Å²) in [6.07, 6.45) is 9.22. The predicted octanol–water partition coefficient (Wildman–Crippen LogP) is 3.24. The summed E-state index contributed by atoms with van der Waals surface area (Å²) in [6.45, 7) is 1.59. The Labute approximate surface area is 125 Å². The highest BCUT2D eigenvalue weighted by atomic mass is 35.5. The monoisotopic (exact) mass is 287 g/mol. The quantitative estimate of drug-likeness (QED) is 0.765. The first-order chi connectivity index (χ1) is 9.65. The molecule has 1 aromatic rings. The number of terminal acetylenes is 1. The molecule has 20 heavy (non-hydrogen) atoms. The molecule has 1 saturated carbocycles. The van der Waals surface area contributed by atoms with E-state index >= 15 is 0 Å². The third kappa shape index (κ3) is 2.31. The molecular formula is C17H18ClNO.